The second-order valence-corrected chi connectivity index (χ2v) is 11.7. The van der Waals surface area contributed by atoms with E-state index in [9.17, 15) is 4.21 Å². The number of likely N-dealkylation sites (tertiary alicyclic amines) is 1. The Morgan fingerprint density at radius 1 is 1.08 bits per heavy atom. The van der Waals surface area contributed by atoms with Crippen molar-refractivity contribution in [2.24, 2.45) is 5.92 Å². The van der Waals surface area contributed by atoms with Crippen molar-refractivity contribution < 1.29 is 22.0 Å². The summed E-state index contributed by atoms with van der Waals surface area (Å²) in [5, 5.41) is 0. The van der Waals surface area contributed by atoms with Crippen molar-refractivity contribution in [2.45, 2.75) is 68.6 Å². The van der Waals surface area contributed by atoms with Gasteiger partial charge in [0.05, 0.1) is 13.7 Å². The fourth-order valence-corrected chi connectivity index (χ4v) is 7.78. The molecule has 1 spiro atoms. The summed E-state index contributed by atoms with van der Waals surface area (Å²) in [4.78, 5) is 2.48. The molecule has 2 aromatic rings. The van der Waals surface area contributed by atoms with Crippen LogP contribution >= 0.6 is 0 Å². The van der Waals surface area contributed by atoms with Gasteiger partial charge >= 0.3 is 11.4 Å². The third-order valence-corrected chi connectivity index (χ3v) is 9.65. The topological polar surface area (TPSA) is 57.2 Å². The van der Waals surface area contributed by atoms with Gasteiger partial charge < -0.3 is 14.4 Å². The molecule has 1 fully saturated rings. The van der Waals surface area contributed by atoms with E-state index < -0.39 is 17.5 Å². The van der Waals surface area contributed by atoms with Gasteiger partial charge in [0.15, 0.2) is 11.5 Å². The molecule has 2 bridgehead atoms. The average Bonchev–Trinajstić information content (AvgIpc) is 3.27. The molecule has 2 aliphatic heterocycles. The molecule has 5 unspecified atom stereocenters. The molecule has 0 aromatic heterocycles. The summed E-state index contributed by atoms with van der Waals surface area (Å²) >= 11 is -1.83. The van der Waals surface area contributed by atoms with Crippen molar-refractivity contribution in [3.8, 4) is 11.5 Å². The maximum absolute atomic E-state index is 12.8. The number of hydrogen-bond acceptors (Lipinski definition) is 6. The Bertz CT molecular complexity index is 1170. The van der Waals surface area contributed by atoms with Gasteiger partial charge in [0.25, 0.3) is 0 Å². The SMILES string of the molecule is COc1ccc2c3c1OC1C(O[S@](=O)OCCCCCCc4ccccc4)C=CC4C(C2)N(C)CCC341. The monoisotopic (exact) mass is 523 g/mol. The highest BCUT2D eigenvalue weighted by atomic mass is 32.2. The smallest absolute Gasteiger partial charge is 0.305 e. The Balaban J connectivity index is 1.07. The molecule has 2 heterocycles. The van der Waals surface area contributed by atoms with Crippen LogP contribution < -0.4 is 9.47 Å². The normalized spacial score (nSPS) is 30.0. The number of ether oxygens (including phenoxy) is 2. The van der Waals surface area contributed by atoms with Crippen LogP contribution in [0.5, 0.6) is 11.5 Å². The van der Waals surface area contributed by atoms with Gasteiger partial charge in [0.2, 0.25) is 0 Å². The molecule has 6 atom stereocenters. The fraction of sp³-hybridized carbons (Fsp3) is 0.533. The van der Waals surface area contributed by atoms with Crippen LogP contribution in [0.1, 0.15) is 48.8 Å². The zero-order chi connectivity index (χ0) is 25.4. The van der Waals surface area contributed by atoms with Crippen molar-refractivity contribution in [3.05, 3.63) is 71.3 Å². The summed E-state index contributed by atoms with van der Waals surface area (Å²) in [6, 6.07) is 15.2. The first-order valence-electron chi connectivity index (χ1n) is 13.6. The molecule has 0 N–H and O–H groups in total. The van der Waals surface area contributed by atoms with Crippen LogP contribution in [0.15, 0.2) is 54.6 Å². The number of hydrogen-bond donors (Lipinski definition) is 0. The van der Waals surface area contributed by atoms with Crippen molar-refractivity contribution in [1.82, 2.24) is 4.90 Å². The maximum atomic E-state index is 12.8. The number of aryl methyl sites for hydroxylation is 1. The van der Waals surface area contributed by atoms with Gasteiger partial charge in [-0.3, -0.25) is 8.37 Å². The number of methoxy groups -OCH3 is 1. The molecule has 37 heavy (non-hydrogen) atoms. The van der Waals surface area contributed by atoms with E-state index in [4.69, 9.17) is 17.8 Å². The lowest BCUT2D eigenvalue weighted by molar-refractivity contribution is -0.0379. The first kappa shape index (κ1) is 25.1. The molecule has 6 nitrogen and oxygen atoms in total. The maximum Gasteiger partial charge on any atom is 0.305 e. The largest absolute Gasteiger partial charge is 0.493 e. The minimum Gasteiger partial charge on any atom is -0.493 e. The van der Waals surface area contributed by atoms with Crippen molar-refractivity contribution in [3.63, 3.8) is 0 Å². The Morgan fingerprint density at radius 2 is 1.92 bits per heavy atom. The molecule has 0 radical (unpaired) electrons. The van der Waals surface area contributed by atoms with Crippen molar-refractivity contribution in [2.75, 3.05) is 27.3 Å². The third-order valence-electron chi connectivity index (χ3n) is 8.91. The number of nitrogens with zero attached hydrogens (tertiary/aromatic N) is 1. The standard InChI is InChI=1S/C30H37NO5S/c1-31-18-17-30-23-14-16-26(29(30)35-28-25(33-2)15-13-22(27(28)30)20-24(23)31)36-37(32)34-19-9-4-3-6-10-21-11-7-5-8-12-21/h5,7-8,11-16,23-24,26,29H,3-4,6,9-10,17-20H2,1-2H3/t23?,24?,26?,29?,30?,37-/m1/s1. The lowest BCUT2D eigenvalue weighted by atomic mass is 9.53. The van der Waals surface area contributed by atoms with E-state index in [1.54, 1.807) is 7.11 Å². The average molecular weight is 524 g/mol. The molecule has 1 saturated heterocycles. The summed E-state index contributed by atoms with van der Waals surface area (Å²) in [7, 11) is 3.91. The number of rotatable bonds is 11. The molecular formula is C30H37NO5S. The van der Waals surface area contributed by atoms with Crippen molar-refractivity contribution in [1.29, 1.82) is 0 Å². The van der Waals surface area contributed by atoms with Gasteiger partial charge in [0, 0.05) is 22.9 Å². The first-order valence-corrected chi connectivity index (χ1v) is 14.6. The zero-order valence-electron chi connectivity index (χ0n) is 21.8. The Hall–Kier alpha value is -2.19. The summed E-state index contributed by atoms with van der Waals surface area (Å²) in [5.41, 5.74) is 3.82. The van der Waals surface area contributed by atoms with Crippen LogP contribution in [-0.2, 0) is 38.0 Å². The molecular weight excluding hydrogens is 486 g/mol. The quantitative estimate of drug-likeness (QED) is 0.308. The second-order valence-electron chi connectivity index (χ2n) is 10.9. The number of likely N-dealkylation sites (N-methyl/N-ethyl adjacent to an activating group) is 1. The molecule has 6 rings (SSSR count). The molecule has 0 amide bonds. The molecule has 198 valence electrons. The van der Waals surface area contributed by atoms with Crippen LogP contribution in [0.2, 0.25) is 0 Å². The van der Waals surface area contributed by atoms with Gasteiger partial charge in [-0.15, -0.1) is 0 Å². The predicted octanol–water partition coefficient (Wildman–Crippen LogP) is 4.92. The van der Waals surface area contributed by atoms with E-state index in [-0.39, 0.29) is 11.5 Å². The van der Waals surface area contributed by atoms with Gasteiger partial charge in [-0.2, -0.15) is 4.21 Å². The van der Waals surface area contributed by atoms with Crippen LogP contribution in [-0.4, -0.2) is 54.7 Å². The third kappa shape index (κ3) is 4.44. The number of unbranched alkanes of at least 4 members (excludes halogenated alkanes) is 3. The van der Waals surface area contributed by atoms with E-state index in [0.717, 1.165) is 63.0 Å². The second kappa shape index (κ2) is 10.5. The van der Waals surface area contributed by atoms with Gasteiger partial charge in [0.1, 0.15) is 12.2 Å². The highest BCUT2D eigenvalue weighted by Crippen LogP contribution is 2.62. The van der Waals surface area contributed by atoms with E-state index in [1.807, 2.05) is 12.1 Å². The molecule has 4 aliphatic rings. The van der Waals surface area contributed by atoms with Gasteiger partial charge in [-0.05, 0) is 62.9 Å². The van der Waals surface area contributed by atoms with Crippen LogP contribution in [0.3, 0.4) is 0 Å². The molecule has 2 aliphatic carbocycles. The van der Waals surface area contributed by atoms with Gasteiger partial charge in [-0.1, -0.05) is 61.4 Å². The summed E-state index contributed by atoms with van der Waals surface area (Å²) in [6.07, 6.45) is 10.9. The Morgan fingerprint density at radius 3 is 2.76 bits per heavy atom. The van der Waals surface area contributed by atoms with Crippen LogP contribution in [0.25, 0.3) is 0 Å². The van der Waals surface area contributed by atoms with Gasteiger partial charge in [-0.25, -0.2) is 0 Å². The van der Waals surface area contributed by atoms with E-state index in [0.29, 0.717) is 18.6 Å². The first-order chi connectivity index (χ1) is 18.1. The van der Waals surface area contributed by atoms with Crippen LogP contribution in [0.4, 0.5) is 0 Å². The lowest BCUT2D eigenvalue weighted by Gasteiger charge is -2.56. The van der Waals surface area contributed by atoms with Crippen molar-refractivity contribution >= 4 is 11.4 Å². The highest BCUT2D eigenvalue weighted by molar-refractivity contribution is 7.75. The minimum absolute atomic E-state index is 0.184. The molecule has 7 heteroatoms. The zero-order valence-corrected chi connectivity index (χ0v) is 22.6. The Labute approximate surface area is 222 Å². The lowest BCUT2D eigenvalue weighted by Crippen LogP contribution is -2.65. The summed E-state index contributed by atoms with van der Waals surface area (Å²) in [5.74, 6) is 1.95. The molecule has 2 aromatic carbocycles. The van der Waals surface area contributed by atoms with Crippen LogP contribution in [0, 0.1) is 5.92 Å². The highest BCUT2D eigenvalue weighted by Gasteiger charge is 2.64. The summed E-state index contributed by atoms with van der Waals surface area (Å²) < 4.78 is 36.7. The number of benzene rings is 2. The predicted molar refractivity (Wildman–Crippen MR) is 144 cm³/mol. The molecule has 0 saturated carbocycles. The van der Waals surface area contributed by atoms with E-state index in [1.165, 1.54) is 16.7 Å². The fourth-order valence-electron chi connectivity index (χ4n) is 7.13. The number of piperidine rings is 1. The Kier molecular flexibility index (Phi) is 7.14. The van der Waals surface area contributed by atoms with E-state index >= 15 is 0 Å². The summed E-state index contributed by atoms with van der Waals surface area (Å²) in [6.45, 7) is 1.43. The minimum atomic E-state index is -1.83. The van der Waals surface area contributed by atoms with E-state index in [2.05, 4.69) is 54.4 Å².